The molecule has 2 aromatic heterocycles. The van der Waals surface area contributed by atoms with Gasteiger partial charge in [0.25, 0.3) is 11.8 Å². The van der Waals surface area contributed by atoms with Gasteiger partial charge < -0.3 is 14.2 Å². The quantitative estimate of drug-likeness (QED) is 0.829. The van der Waals surface area contributed by atoms with E-state index >= 15 is 0 Å². The summed E-state index contributed by atoms with van der Waals surface area (Å²) in [6, 6.07) is 3.49. The van der Waals surface area contributed by atoms with Gasteiger partial charge in [0.1, 0.15) is 4.88 Å². The van der Waals surface area contributed by atoms with Crippen LogP contribution in [0.3, 0.4) is 0 Å². The number of thiazole rings is 1. The van der Waals surface area contributed by atoms with Crippen molar-refractivity contribution in [3.63, 3.8) is 0 Å². The lowest BCUT2D eigenvalue weighted by Crippen LogP contribution is -2.62. The highest BCUT2D eigenvalue weighted by molar-refractivity contribution is 7.16. The van der Waals surface area contributed by atoms with Gasteiger partial charge in [0.15, 0.2) is 11.7 Å². The van der Waals surface area contributed by atoms with Crippen LogP contribution < -0.4 is 0 Å². The Morgan fingerprint density at radius 2 is 2.00 bits per heavy atom. The highest BCUT2D eigenvalue weighted by Gasteiger charge is 2.44. The third-order valence-corrected chi connectivity index (χ3v) is 5.26. The average Bonchev–Trinajstić information content (AvgIpc) is 3.21. The number of likely N-dealkylation sites (tertiary alicyclic amines) is 1. The molecule has 8 nitrogen and oxygen atoms in total. The Hall–Kier alpha value is -2.68. The zero-order chi connectivity index (χ0) is 16.8. The van der Waals surface area contributed by atoms with E-state index in [1.807, 2.05) is 29.1 Å². The maximum atomic E-state index is 12.6. The summed E-state index contributed by atoms with van der Waals surface area (Å²) in [4.78, 5) is 43.5. The van der Waals surface area contributed by atoms with Crippen LogP contribution in [0, 0.1) is 6.92 Å². The third-order valence-electron chi connectivity index (χ3n) is 4.10. The van der Waals surface area contributed by atoms with E-state index in [9.17, 15) is 14.4 Å². The van der Waals surface area contributed by atoms with Crippen molar-refractivity contribution in [1.29, 1.82) is 0 Å². The largest absolute Gasteiger partial charge is 0.439 e. The molecule has 124 valence electrons. The molecule has 0 atom stereocenters. The fourth-order valence-corrected chi connectivity index (χ4v) is 3.80. The fourth-order valence-electron chi connectivity index (χ4n) is 2.80. The van der Waals surface area contributed by atoms with Crippen molar-refractivity contribution in [1.82, 2.24) is 19.4 Å². The number of carbonyl (C=O) groups excluding carboxylic acids is 3. The molecule has 0 N–H and O–H groups in total. The van der Waals surface area contributed by atoms with Crippen molar-refractivity contribution < 1.29 is 19.1 Å². The van der Waals surface area contributed by atoms with Crippen molar-refractivity contribution >= 4 is 29.2 Å². The maximum absolute atomic E-state index is 12.6. The number of aryl methyl sites for hydroxylation is 1. The minimum atomic E-state index is -0.624. The van der Waals surface area contributed by atoms with E-state index in [-0.39, 0.29) is 24.5 Å². The number of rotatable bonds is 3. The number of ether oxygens (including phenoxy) is 1. The predicted molar refractivity (Wildman–Crippen MR) is 84.1 cm³/mol. The average molecular weight is 346 g/mol. The number of hydrogen-bond acceptors (Lipinski definition) is 6. The zero-order valence-corrected chi connectivity index (χ0v) is 13.7. The van der Waals surface area contributed by atoms with Crippen LogP contribution in [0.5, 0.6) is 0 Å². The van der Waals surface area contributed by atoms with Crippen molar-refractivity contribution in [2.45, 2.75) is 13.0 Å². The summed E-state index contributed by atoms with van der Waals surface area (Å²) >= 11 is 1.33. The number of amides is 3. The van der Waals surface area contributed by atoms with E-state index in [1.165, 1.54) is 11.3 Å². The first kappa shape index (κ1) is 14.9. The lowest BCUT2D eigenvalue weighted by atomic mass is 10.1. The lowest BCUT2D eigenvalue weighted by molar-refractivity contribution is -0.129. The van der Waals surface area contributed by atoms with Gasteiger partial charge in [0, 0.05) is 25.5 Å². The third kappa shape index (κ3) is 2.28. The second kappa shape index (κ2) is 5.45. The molecule has 4 heterocycles. The number of nitrogens with zero attached hydrogens (tertiary/aromatic N) is 4. The summed E-state index contributed by atoms with van der Waals surface area (Å²) in [6.45, 7) is 2.25. The second-order valence-electron chi connectivity index (χ2n) is 5.68. The summed E-state index contributed by atoms with van der Waals surface area (Å²) in [5.41, 5.74) is 0.675. The molecule has 24 heavy (non-hydrogen) atoms. The van der Waals surface area contributed by atoms with E-state index in [0.29, 0.717) is 23.7 Å². The summed E-state index contributed by atoms with van der Waals surface area (Å²) in [7, 11) is 0. The SMILES string of the molecule is Cc1nc(-n2cccc2)sc1C(=O)N1CC(N2C(=O)COC2=O)C1. The molecule has 2 aliphatic rings. The van der Waals surface area contributed by atoms with E-state index < -0.39 is 6.09 Å². The summed E-state index contributed by atoms with van der Waals surface area (Å²) in [5, 5.41) is 0.733. The molecule has 2 aromatic rings. The van der Waals surface area contributed by atoms with E-state index in [2.05, 4.69) is 4.98 Å². The first-order valence-electron chi connectivity index (χ1n) is 7.43. The molecule has 4 rings (SSSR count). The molecule has 0 bridgehead atoms. The topological polar surface area (TPSA) is 84.7 Å². The summed E-state index contributed by atoms with van der Waals surface area (Å²) < 4.78 is 6.56. The first-order valence-corrected chi connectivity index (χ1v) is 8.25. The van der Waals surface area contributed by atoms with E-state index in [1.54, 1.807) is 11.8 Å². The summed E-state index contributed by atoms with van der Waals surface area (Å²) in [6.07, 6.45) is 3.12. The highest BCUT2D eigenvalue weighted by Crippen LogP contribution is 2.27. The van der Waals surface area contributed by atoms with Crippen LogP contribution in [0.1, 0.15) is 15.4 Å². The second-order valence-corrected chi connectivity index (χ2v) is 6.66. The van der Waals surface area contributed by atoms with Crippen molar-refractivity contribution in [2.24, 2.45) is 0 Å². The normalized spacial score (nSPS) is 18.0. The van der Waals surface area contributed by atoms with Crippen LogP contribution >= 0.6 is 11.3 Å². The molecule has 0 unspecified atom stereocenters. The van der Waals surface area contributed by atoms with Gasteiger partial charge in [-0.1, -0.05) is 11.3 Å². The smallest absolute Gasteiger partial charge is 0.417 e. The van der Waals surface area contributed by atoms with Crippen LogP contribution in [0.4, 0.5) is 4.79 Å². The number of cyclic esters (lactones) is 1. The molecular formula is C15H14N4O4S. The Kier molecular flexibility index (Phi) is 3.38. The van der Waals surface area contributed by atoms with Crippen molar-refractivity contribution in [3.8, 4) is 5.13 Å². The Morgan fingerprint density at radius 3 is 2.62 bits per heavy atom. The minimum Gasteiger partial charge on any atom is -0.439 e. The fraction of sp³-hybridized carbons (Fsp3) is 0.333. The predicted octanol–water partition coefficient (Wildman–Crippen LogP) is 1.05. The molecule has 2 saturated heterocycles. The molecule has 0 radical (unpaired) electrons. The molecule has 9 heteroatoms. The van der Waals surface area contributed by atoms with Crippen LogP contribution in [0.2, 0.25) is 0 Å². The van der Waals surface area contributed by atoms with Gasteiger partial charge in [-0.15, -0.1) is 0 Å². The van der Waals surface area contributed by atoms with Gasteiger partial charge in [0.2, 0.25) is 0 Å². The lowest BCUT2D eigenvalue weighted by Gasteiger charge is -2.41. The van der Waals surface area contributed by atoms with Crippen LogP contribution in [0.15, 0.2) is 24.5 Å². The molecule has 2 fully saturated rings. The van der Waals surface area contributed by atoms with E-state index in [0.717, 1.165) is 10.0 Å². The van der Waals surface area contributed by atoms with Gasteiger partial charge in [-0.3, -0.25) is 9.59 Å². The standard InChI is InChI=1S/C15H14N4O4S/c1-9-12(24-14(16-9)17-4-2-3-5-17)13(21)18-6-10(7-18)19-11(20)8-23-15(19)22/h2-5,10H,6-8H2,1H3. The number of carbonyl (C=O) groups is 3. The van der Waals surface area contributed by atoms with Gasteiger partial charge in [0.05, 0.1) is 11.7 Å². The number of hydrogen-bond donors (Lipinski definition) is 0. The molecule has 2 aliphatic heterocycles. The number of aromatic nitrogens is 2. The van der Waals surface area contributed by atoms with Gasteiger partial charge in [-0.25, -0.2) is 14.7 Å². The molecule has 0 saturated carbocycles. The Bertz CT molecular complexity index is 807. The van der Waals surface area contributed by atoms with Gasteiger partial charge >= 0.3 is 6.09 Å². The maximum Gasteiger partial charge on any atom is 0.417 e. The number of imide groups is 1. The molecule has 3 amide bonds. The van der Waals surface area contributed by atoms with Crippen molar-refractivity contribution in [2.75, 3.05) is 19.7 Å². The Morgan fingerprint density at radius 1 is 1.29 bits per heavy atom. The van der Waals surface area contributed by atoms with Crippen LogP contribution in [-0.2, 0) is 9.53 Å². The molecule has 0 spiro atoms. The van der Waals surface area contributed by atoms with Gasteiger partial charge in [-0.05, 0) is 19.1 Å². The monoisotopic (exact) mass is 346 g/mol. The zero-order valence-electron chi connectivity index (χ0n) is 12.8. The van der Waals surface area contributed by atoms with Gasteiger partial charge in [-0.2, -0.15) is 0 Å². The van der Waals surface area contributed by atoms with Crippen LogP contribution in [0.25, 0.3) is 5.13 Å². The van der Waals surface area contributed by atoms with Crippen LogP contribution in [-0.4, -0.2) is 63.0 Å². The summed E-state index contributed by atoms with van der Waals surface area (Å²) in [5.74, 6) is -0.472. The highest BCUT2D eigenvalue weighted by atomic mass is 32.1. The minimum absolute atomic E-state index is 0.125. The Labute approximate surface area is 141 Å². The molecule has 0 aromatic carbocycles. The van der Waals surface area contributed by atoms with E-state index in [4.69, 9.17) is 4.74 Å². The Balaban J connectivity index is 1.46. The molecular weight excluding hydrogens is 332 g/mol. The molecule has 0 aliphatic carbocycles. The first-order chi connectivity index (χ1) is 11.5. The van der Waals surface area contributed by atoms with Crippen molar-refractivity contribution in [3.05, 3.63) is 35.1 Å².